The highest BCUT2D eigenvalue weighted by Crippen LogP contribution is 2.53. The van der Waals surface area contributed by atoms with Crippen molar-refractivity contribution in [3.05, 3.63) is 164 Å². The van der Waals surface area contributed by atoms with E-state index >= 15 is 0 Å². The van der Waals surface area contributed by atoms with E-state index in [4.69, 9.17) is 9.97 Å². The van der Waals surface area contributed by atoms with Gasteiger partial charge >= 0.3 is 0 Å². The molecule has 0 N–H and O–H groups in total. The zero-order valence-electron chi connectivity index (χ0n) is 26.4. The van der Waals surface area contributed by atoms with Crippen molar-refractivity contribution in [1.82, 2.24) is 14.5 Å². The summed E-state index contributed by atoms with van der Waals surface area (Å²) in [6.07, 6.45) is 0. The first-order chi connectivity index (χ1) is 24.3. The Balaban J connectivity index is 1.13. The van der Waals surface area contributed by atoms with Crippen LogP contribution in [0.3, 0.4) is 0 Å². The number of hydrogen-bond acceptors (Lipinski definition) is 2. The molecule has 8 aromatic carbocycles. The van der Waals surface area contributed by atoms with Crippen molar-refractivity contribution < 1.29 is 0 Å². The monoisotopic (exact) mass is 621 g/mol. The zero-order chi connectivity index (χ0) is 32.1. The predicted molar refractivity (Wildman–Crippen MR) is 204 cm³/mol. The summed E-state index contributed by atoms with van der Waals surface area (Å²) in [4.78, 5) is 10.1. The molecule has 0 unspecified atom stereocenters. The fourth-order valence-corrected chi connectivity index (χ4v) is 8.19. The number of rotatable bonds is 3. The Kier molecular flexibility index (Phi) is 5.38. The summed E-state index contributed by atoms with van der Waals surface area (Å²) < 4.78 is 2.44. The van der Waals surface area contributed by atoms with Crippen LogP contribution >= 0.6 is 0 Å². The largest absolute Gasteiger partial charge is 0.309 e. The Bertz CT molecular complexity index is 2970. The molecule has 10 aromatic rings. The van der Waals surface area contributed by atoms with E-state index in [1.54, 1.807) is 0 Å². The van der Waals surface area contributed by atoms with Crippen LogP contribution in [0.5, 0.6) is 0 Å². The minimum atomic E-state index is 0.724. The van der Waals surface area contributed by atoms with E-state index in [0.29, 0.717) is 0 Å². The number of benzene rings is 8. The minimum absolute atomic E-state index is 0.724. The summed E-state index contributed by atoms with van der Waals surface area (Å²) in [6, 6.07) is 58.8. The molecule has 0 amide bonds. The van der Waals surface area contributed by atoms with Crippen LogP contribution in [0.25, 0.3) is 105 Å². The zero-order valence-corrected chi connectivity index (χ0v) is 26.4. The molecule has 3 nitrogen and oxygen atoms in total. The van der Waals surface area contributed by atoms with E-state index in [1.165, 1.54) is 65.6 Å². The van der Waals surface area contributed by atoms with E-state index in [2.05, 4.69) is 156 Å². The maximum Gasteiger partial charge on any atom is 0.160 e. The maximum absolute atomic E-state index is 5.12. The molecule has 2 aromatic heterocycles. The molecule has 0 bridgehead atoms. The van der Waals surface area contributed by atoms with Crippen molar-refractivity contribution in [3.63, 3.8) is 0 Å². The van der Waals surface area contributed by atoms with Crippen molar-refractivity contribution in [2.75, 3.05) is 0 Å². The SMILES string of the molecule is c1ccc(-c2nc(-c3ccc(-n4c5ccccc5c5cc6c7c(cccc7c54)-c4c-6ccc5ccccc45)cc3)nc3ccccc23)cc1. The van der Waals surface area contributed by atoms with Gasteiger partial charge in [0, 0.05) is 38.4 Å². The first-order valence-corrected chi connectivity index (χ1v) is 16.8. The quantitative estimate of drug-likeness (QED) is 0.196. The van der Waals surface area contributed by atoms with Crippen LogP contribution in [0.4, 0.5) is 0 Å². The maximum atomic E-state index is 5.12. The molecule has 11 rings (SSSR count). The molecular formula is C46H27N3. The summed E-state index contributed by atoms with van der Waals surface area (Å²) in [5, 5.41) is 8.77. The lowest BCUT2D eigenvalue weighted by Crippen LogP contribution is -1.97. The van der Waals surface area contributed by atoms with Crippen molar-refractivity contribution in [1.29, 1.82) is 0 Å². The molecule has 0 atom stereocenters. The van der Waals surface area contributed by atoms with Crippen LogP contribution in [0.1, 0.15) is 0 Å². The Morgan fingerprint density at radius 2 is 1.16 bits per heavy atom. The van der Waals surface area contributed by atoms with Crippen LogP contribution < -0.4 is 0 Å². The smallest absolute Gasteiger partial charge is 0.160 e. The lowest BCUT2D eigenvalue weighted by atomic mass is 9.97. The Labute approximate surface area is 282 Å². The normalized spacial score (nSPS) is 12.1. The second kappa shape index (κ2) is 9.96. The summed E-state index contributed by atoms with van der Waals surface area (Å²) in [7, 11) is 0. The number of aromatic nitrogens is 3. The van der Waals surface area contributed by atoms with Gasteiger partial charge in [0.2, 0.25) is 0 Å². The van der Waals surface area contributed by atoms with Crippen molar-refractivity contribution in [3.8, 4) is 50.6 Å². The van der Waals surface area contributed by atoms with Crippen LogP contribution in [-0.4, -0.2) is 14.5 Å². The average molecular weight is 622 g/mol. The van der Waals surface area contributed by atoms with Gasteiger partial charge in [0.1, 0.15) is 0 Å². The van der Waals surface area contributed by atoms with E-state index in [0.717, 1.165) is 39.2 Å². The number of para-hydroxylation sites is 2. The number of nitrogens with zero attached hydrogens (tertiary/aromatic N) is 3. The fraction of sp³-hybridized carbons (Fsp3) is 0. The molecule has 226 valence electrons. The second-order valence-electron chi connectivity index (χ2n) is 12.9. The van der Waals surface area contributed by atoms with Gasteiger partial charge in [-0.15, -0.1) is 0 Å². The molecule has 2 heterocycles. The average Bonchev–Trinajstić information content (AvgIpc) is 3.69. The van der Waals surface area contributed by atoms with Gasteiger partial charge in [-0.3, -0.25) is 0 Å². The molecule has 3 heteroatoms. The van der Waals surface area contributed by atoms with Crippen molar-refractivity contribution in [2.45, 2.75) is 0 Å². The molecular weight excluding hydrogens is 595 g/mol. The first kappa shape index (κ1) is 26.5. The number of fused-ring (bicyclic) bond motifs is 10. The standard InChI is InChI=1S/C46H27N3/c1-2-12-29(13-3-1)44-35-16-6-8-19-40(35)47-46(48-44)30-21-24-31(25-22-30)49-41-20-9-7-15-33(41)39-27-38-34-26-23-28-11-4-5-14-32(28)42(34)36-17-10-18-37(43(36)38)45(39)49/h1-27H. The molecule has 0 fully saturated rings. The molecule has 0 saturated carbocycles. The lowest BCUT2D eigenvalue weighted by molar-refractivity contribution is 1.18. The first-order valence-electron chi connectivity index (χ1n) is 16.8. The van der Waals surface area contributed by atoms with Gasteiger partial charge in [0.15, 0.2) is 5.82 Å². The van der Waals surface area contributed by atoms with E-state index in [-0.39, 0.29) is 0 Å². The highest BCUT2D eigenvalue weighted by Gasteiger charge is 2.27. The summed E-state index contributed by atoms with van der Waals surface area (Å²) >= 11 is 0. The fourth-order valence-electron chi connectivity index (χ4n) is 8.19. The molecule has 1 aliphatic rings. The third-order valence-electron chi connectivity index (χ3n) is 10.3. The van der Waals surface area contributed by atoms with Gasteiger partial charge < -0.3 is 4.57 Å². The molecule has 1 aliphatic carbocycles. The van der Waals surface area contributed by atoms with E-state index in [9.17, 15) is 0 Å². The van der Waals surface area contributed by atoms with Gasteiger partial charge in [0.25, 0.3) is 0 Å². The molecule has 0 aliphatic heterocycles. The van der Waals surface area contributed by atoms with Gasteiger partial charge in [-0.2, -0.15) is 0 Å². The summed E-state index contributed by atoms with van der Waals surface area (Å²) in [5.74, 6) is 0.724. The Morgan fingerprint density at radius 1 is 0.429 bits per heavy atom. The predicted octanol–water partition coefficient (Wildman–Crippen LogP) is 12.0. The summed E-state index contributed by atoms with van der Waals surface area (Å²) in [5.41, 5.74) is 12.8. The van der Waals surface area contributed by atoms with E-state index < -0.39 is 0 Å². The Hall–Kier alpha value is -6.58. The highest BCUT2D eigenvalue weighted by atomic mass is 15.0. The van der Waals surface area contributed by atoms with Crippen molar-refractivity contribution in [2.24, 2.45) is 0 Å². The molecule has 0 saturated heterocycles. The van der Waals surface area contributed by atoms with Gasteiger partial charge in [-0.25, -0.2) is 9.97 Å². The Morgan fingerprint density at radius 3 is 2.04 bits per heavy atom. The topological polar surface area (TPSA) is 30.7 Å². The van der Waals surface area contributed by atoms with Gasteiger partial charge in [-0.05, 0) is 80.9 Å². The van der Waals surface area contributed by atoms with Crippen LogP contribution in [0.15, 0.2) is 164 Å². The minimum Gasteiger partial charge on any atom is -0.309 e. The molecule has 0 radical (unpaired) electrons. The third-order valence-corrected chi connectivity index (χ3v) is 10.3. The van der Waals surface area contributed by atoms with Crippen LogP contribution in [0.2, 0.25) is 0 Å². The van der Waals surface area contributed by atoms with Crippen LogP contribution in [-0.2, 0) is 0 Å². The van der Waals surface area contributed by atoms with Crippen LogP contribution in [0, 0.1) is 0 Å². The summed E-state index contributed by atoms with van der Waals surface area (Å²) in [6.45, 7) is 0. The van der Waals surface area contributed by atoms with Gasteiger partial charge in [0.05, 0.1) is 22.2 Å². The highest BCUT2D eigenvalue weighted by molar-refractivity contribution is 6.29. The van der Waals surface area contributed by atoms with E-state index in [1.807, 2.05) is 12.1 Å². The second-order valence-corrected chi connectivity index (χ2v) is 12.9. The number of hydrogen-bond donors (Lipinski definition) is 0. The lowest BCUT2D eigenvalue weighted by Gasteiger charge is -2.13. The van der Waals surface area contributed by atoms with Gasteiger partial charge in [-0.1, -0.05) is 121 Å². The third kappa shape index (κ3) is 3.73. The molecule has 49 heavy (non-hydrogen) atoms. The van der Waals surface area contributed by atoms with Crippen molar-refractivity contribution >= 4 is 54.3 Å². The molecule has 0 spiro atoms.